The first-order chi connectivity index (χ1) is 6.47. The molecule has 0 rings (SSSR count). The minimum absolute atomic E-state index is 0.347. The van der Waals surface area contributed by atoms with E-state index in [9.17, 15) is 9.59 Å². The maximum atomic E-state index is 11.3. The SMILES string of the molecule is CCC(OCC(C)C)C(=O)CC(=O)O. The van der Waals surface area contributed by atoms with Crippen molar-refractivity contribution in [1.29, 1.82) is 0 Å². The highest BCUT2D eigenvalue weighted by Crippen LogP contribution is 2.05. The van der Waals surface area contributed by atoms with Gasteiger partial charge in [-0.1, -0.05) is 20.8 Å². The molecule has 0 saturated carbocycles. The van der Waals surface area contributed by atoms with Crippen LogP contribution in [0.1, 0.15) is 33.6 Å². The second kappa shape index (κ2) is 6.54. The number of hydrogen-bond donors (Lipinski definition) is 1. The second-order valence-electron chi connectivity index (χ2n) is 3.66. The molecule has 4 nitrogen and oxygen atoms in total. The van der Waals surface area contributed by atoms with Crippen molar-refractivity contribution in [2.75, 3.05) is 6.61 Å². The predicted octanol–water partition coefficient (Wildman–Crippen LogP) is 1.48. The first-order valence-electron chi connectivity index (χ1n) is 4.83. The van der Waals surface area contributed by atoms with Crippen LogP contribution >= 0.6 is 0 Å². The summed E-state index contributed by atoms with van der Waals surface area (Å²) in [7, 11) is 0. The molecule has 0 fully saturated rings. The molecule has 0 aromatic rings. The number of carboxylic acid groups (broad SMARTS) is 1. The highest BCUT2D eigenvalue weighted by molar-refractivity contribution is 5.97. The fourth-order valence-electron chi connectivity index (χ4n) is 1.01. The van der Waals surface area contributed by atoms with Crippen LogP contribution < -0.4 is 0 Å². The Bertz CT molecular complexity index is 198. The number of ether oxygens (including phenoxy) is 1. The van der Waals surface area contributed by atoms with Crippen molar-refractivity contribution in [3.63, 3.8) is 0 Å². The van der Waals surface area contributed by atoms with E-state index in [0.717, 1.165) is 0 Å². The molecule has 0 aromatic heterocycles. The third-order valence-corrected chi connectivity index (χ3v) is 1.69. The van der Waals surface area contributed by atoms with Gasteiger partial charge in [-0.3, -0.25) is 9.59 Å². The molecule has 4 heteroatoms. The number of carbonyl (C=O) groups excluding carboxylic acids is 1. The van der Waals surface area contributed by atoms with Crippen LogP contribution in [0.2, 0.25) is 0 Å². The zero-order valence-electron chi connectivity index (χ0n) is 8.95. The van der Waals surface area contributed by atoms with Crippen LogP contribution in [0.5, 0.6) is 0 Å². The third kappa shape index (κ3) is 5.70. The molecular weight excluding hydrogens is 184 g/mol. The lowest BCUT2D eigenvalue weighted by atomic mass is 10.1. The Balaban J connectivity index is 3.99. The zero-order chi connectivity index (χ0) is 11.1. The van der Waals surface area contributed by atoms with Crippen LogP contribution in [-0.4, -0.2) is 29.6 Å². The maximum Gasteiger partial charge on any atom is 0.310 e. The summed E-state index contributed by atoms with van der Waals surface area (Å²) in [6.45, 7) is 6.26. The van der Waals surface area contributed by atoms with E-state index in [1.165, 1.54) is 0 Å². The molecule has 14 heavy (non-hydrogen) atoms. The van der Waals surface area contributed by atoms with Crippen molar-refractivity contribution < 1.29 is 19.4 Å². The number of hydrogen-bond acceptors (Lipinski definition) is 3. The van der Waals surface area contributed by atoms with Gasteiger partial charge in [0.2, 0.25) is 0 Å². The third-order valence-electron chi connectivity index (χ3n) is 1.69. The molecule has 1 unspecified atom stereocenters. The van der Waals surface area contributed by atoms with Crippen molar-refractivity contribution >= 4 is 11.8 Å². The van der Waals surface area contributed by atoms with E-state index in [-0.39, 0.29) is 5.78 Å². The van der Waals surface area contributed by atoms with Gasteiger partial charge < -0.3 is 9.84 Å². The zero-order valence-corrected chi connectivity index (χ0v) is 8.95. The molecule has 0 heterocycles. The Kier molecular flexibility index (Phi) is 6.12. The molecule has 0 saturated heterocycles. The molecule has 0 spiro atoms. The van der Waals surface area contributed by atoms with Gasteiger partial charge in [-0.25, -0.2) is 0 Å². The Labute approximate surface area is 84.3 Å². The number of carbonyl (C=O) groups is 2. The molecule has 82 valence electrons. The molecule has 0 aliphatic rings. The van der Waals surface area contributed by atoms with Crippen LogP contribution in [-0.2, 0) is 14.3 Å². The van der Waals surface area contributed by atoms with Gasteiger partial charge in [0.05, 0.1) is 0 Å². The topological polar surface area (TPSA) is 63.6 Å². The Morgan fingerprint density at radius 1 is 1.36 bits per heavy atom. The van der Waals surface area contributed by atoms with Crippen LogP contribution in [0.4, 0.5) is 0 Å². The highest BCUT2D eigenvalue weighted by atomic mass is 16.5. The lowest BCUT2D eigenvalue weighted by Crippen LogP contribution is -2.27. The van der Waals surface area contributed by atoms with E-state index in [2.05, 4.69) is 0 Å². The number of Topliss-reactive ketones (excluding diaryl/α,β-unsaturated/α-hetero) is 1. The maximum absolute atomic E-state index is 11.3. The average molecular weight is 202 g/mol. The van der Waals surface area contributed by atoms with E-state index in [0.29, 0.717) is 18.9 Å². The van der Waals surface area contributed by atoms with E-state index < -0.39 is 18.5 Å². The number of aliphatic carboxylic acids is 1. The van der Waals surface area contributed by atoms with Gasteiger partial charge in [0.25, 0.3) is 0 Å². The number of ketones is 1. The highest BCUT2D eigenvalue weighted by Gasteiger charge is 2.19. The minimum atomic E-state index is -1.10. The molecule has 0 aliphatic heterocycles. The first-order valence-corrected chi connectivity index (χ1v) is 4.83. The Morgan fingerprint density at radius 3 is 2.29 bits per heavy atom. The van der Waals surface area contributed by atoms with Crippen molar-refractivity contribution in [2.24, 2.45) is 5.92 Å². The van der Waals surface area contributed by atoms with Crippen molar-refractivity contribution in [3.8, 4) is 0 Å². The fourth-order valence-corrected chi connectivity index (χ4v) is 1.01. The van der Waals surface area contributed by atoms with Gasteiger partial charge in [-0.2, -0.15) is 0 Å². The van der Waals surface area contributed by atoms with Crippen molar-refractivity contribution in [2.45, 2.75) is 39.7 Å². The average Bonchev–Trinajstić information content (AvgIpc) is 2.03. The molecule has 0 aromatic carbocycles. The van der Waals surface area contributed by atoms with Gasteiger partial charge in [-0.05, 0) is 12.3 Å². The molecule has 1 atom stereocenters. The summed E-state index contributed by atoms with van der Waals surface area (Å²) in [4.78, 5) is 21.6. The van der Waals surface area contributed by atoms with E-state index >= 15 is 0 Å². The van der Waals surface area contributed by atoms with Crippen molar-refractivity contribution in [3.05, 3.63) is 0 Å². The van der Waals surface area contributed by atoms with E-state index in [1.54, 1.807) is 0 Å². The van der Waals surface area contributed by atoms with Crippen LogP contribution in [0.15, 0.2) is 0 Å². The smallest absolute Gasteiger partial charge is 0.310 e. The summed E-state index contributed by atoms with van der Waals surface area (Å²) in [6.07, 6.45) is -0.483. The van der Waals surface area contributed by atoms with E-state index in [1.807, 2.05) is 20.8 Å². The quantitative estimate of drug-likeness (QED) is 0.635. The summed E-state index contributed by atoms with van der Waals surface area (Å²) in [5.74, 6) is -1.09. The molecular formula is C10H18O4. The number of rotatable bonds is 7. The van der Waals surface area contributed by atoms with E-state index in [4.69, 9.17) is 9.84 Å². The number of carboxylic acids is 1. The normalized spacial score (nSPS) is 12.9. The summed E-state index contributed by atoms with van der Waals surface area (Å²) in [5.41, 5.74) is 0. The summed E-state index contributed by atoms with van der Waals surface area (Å²) < 4.78 is 5.30. The standard InChI is InChI=1S/C10H18O4/c1-4-9(14-6-7(2)3)8(11)5-10(12)13/h7,9H,4-6H2,1-3H3,(H,12,13). The molecule has 1 N–H and O–H groups in total. The van der Waals surface area contributed by atoms with Gasteiger partial charge in [-0.15, -0.1) is 0 Å². The minimum Gasteiger partial charge on any atom is -0.481 e. The van der Waals surface area contributed by atoms with Crippen LogP contribution in [0.25, 0.3) is 0 Å². The fraction of sp³-hybridized carbons (Fsp3) is 0.800. The Hall–Kier alpha value is -0.900. The summed E-state index contributed by atoms with van der Waals surface area (Å²) >= 11 is 0. The second-order valence-corrected chi connectivity index (χ2v) is 3.66. The summed E-state index contributed by atoms with van der Waals surface area (Å²) in [6, 6.07) is 0. The van der Waals surface area contributed by atoms with Gasteiger partial charge >= 0.3 is 5.97 Å². The summed E-state index contributed by atoms with van der Waals surface area (Å²) in [5, 5.41) is 8.43. The van der Waals surface area contributed by atoms with Gasteiger partial charge in [0.15, 0.2) is 5.78 Å². The lowest BCUT2D eigenvalue weighted by Gasteiger charge is -2.15. The molecule has 0 radical (unpaired) electrons. The molecule has 0 aliphatic carbocycles. The Morgan fingerprint density at radius 2 is 1.93 bits per heavy atom. The van der Waals surface area contributed by atoms with Crippen LogP contribution in [0, 0.1) is 5.92 Å². The van der Waals surface area contributed by atoms with Crippen molar-refractivity contribution in [1.82, 2.24) is 0 Å². The first kappa shape index (κ1) is 13.1. The predicted molar refractivity (Wildman–Crippen MR) is 52.1 cm³/mol. The monoisotopic (exact) mass is 202 g/mol. The largest absolute Gasteiger partial charge is 0.481 e. The van der Waals surface area contributed by atoms with Gasteiger partial charge in [0, 0.05) is 6.61 Å². The van der Waals surface area contributed by atoms with Crippen LogP contribution in [0.3, 0.4) is 0 Å². The molecule has 0 amide bonds. The van der Waals surface area contributed by atoms with Gasteiger partial charge in [0.1, 0.15) is 12.5 Å². The molecule has 0 bridgehead atoms. The lowest BCUT2D eigenvalue weighted by molar-refractivity contribution is -0.144.